The summed E-state index contributed by atoms with van der Waals surface area (Å²) in [5.41, 5.74) is 1.22. The minimum Gasteiger partial charge on any atom is -0.486 e. The normalized spacial score (nSPS) is 12.4. The van der Waals surface area contributed by atoms with Crippen molar-refractivity contribution in [3.05, 3.63) is 73.0 Å². The molecule has 2 heterocycles. The first-order chi connectivity index (χ1) is 16.0. The lowest BCUT2D eigenvalue weighted by Gasteiger charge is -2.11. The van der Waals surface area contributed by atoms with Gasteiger partial charge in [-0.1, -0.05) is 57.7 Å². The summed E-state index contributed by atoms with van der Waals surface area (Å²) in [5, 5.41) is 4.75. The minimum atomic E-state index is -0.616. The summed E-state index contributed by atoms with van der Waals surface area (Å²) in [7, 11) is 1.47. The van der Waals surface area contributed by atoms with Crippen molar-refractivity contribution in [3.8, 4) is 5.75 Å². The highest BCUT2D eigenvalue weighted by atomic mass is 16.5. The van der Waals surface area contributed by atoms with E-state index >= 15 is 0 Å². The molecule has 1 saturated carbocycles. The van der Waals surface area contributed by atoms with E-state index in [1.165, 1.54) is 51.8 Å². The van der Waals surface area contributed by atoms with Crippen LogP contribution in [0.25, 0.3) is 5.76 Å². The fourth-order valence-electron chi connectivity index (χ4n) is 2.93. The van der Waals surface area contributed by atoms with Crippen LogP contribution in [0.3, 0.4) is 0 Å². The zero-order chi connectivity index (χ0) is 23.9. The first-order valence-corrected chi connectivity index (χ1v) is 11.0. The lowest BCUT2D eigenvalue weighted by atomic mass is 10.0. The number of hydrogen-bond acceptors (Lipinski definition) is 6. The summed E-state index contributed by atoms with van der Waals surface area (Å²) < 4.78 is 10.9. The van der Waals surface area contributed by atoms with Gasteiger partial charge >= 0.3 is 0 Å². The number of carbonyl (C=O) groups excluding carboxylic acids is 2. The van der Waals surface area contributed by atoms with Crippen molar-refractivity contribution in [2.75, 3.05) is 13.6 Å². The van der Waals surface area contributed by atoms with Crippen LogP contribution in [0.4, 0.5) is 0 Å². The average molecular weight is 453 g/mol. The molecule has 2 aromatic rings. The number of ether oxygens (including phenoxy) is 2. The molecule has 1 aliphatic carbocycles. The largest absolute Gasteiger partial charge is 0.486 e. The Morgan fingerprint density at radius 2 is 1.70 bits per heavy atom. The van der Waals surface area contributed by atoms with Gasteiger partial charge in [0, 0.05) is 13.2 Å². The topological polar surface area (TPSA) is 102 Å². The second-order valence-corrected chi connectivity index (χ2v) is 7.41. The van der Waals surface area contributed by atoms with Gasteiger partial charge < -0.3 is 20.1 Å². The molecule has 2 N–H and O–H groups in total. The third-order valence-corrected chi connectivity index (χ3v) is 4.82. The first kappa shape index (κ1) is 25.6. The van der Waals surface area contributed by atoms with Crippen molar-refractivity contribution < 1.29 is 19.1 Å². The average Bonchev–Trinajstić information content (AvgIpc) is 2.88. The summed E-state index contributed by atoms with van der Waals surface area (Å²) in [4.78, 5) is 31.3. The van der Waals surface area contributed by atoms with Gasteiger partial charge in [0.15, 0.2) is 5.76 Å². The van der Waals surface area contributed by atoms with Gasteiger partial charge in [-0.15, -0.1) is 0 Å². The molecule has 0 atom stereocenters. The molecule has 0 saturated heterocycles. The molecule has 0 aliphatic heterocycles. The van der Waals surface area contributed by atoms with Crippen LogP contribution in [0, 0.1) is 0 Å². The summed E-state index contributed by atoms with van der Waals surface area (Å²) >= 11 is 0. The van der Waals surface area contributed by atoms with Crippen LogP contribution in [0.1, 0.15) is 49.9 Å². The predicted octanol–water partition coefficient (Wildman–Crippen LogP) is 3.76. The fourth-order valence-corrected chi connectivity index (χ4v) is 2.93. The Morgan fingerprint density at radius 1 is 1.00 bits per heavy atom. The van der Waals surface area contributed by atoms with Crippen LogP contribution in [0.15, 0.2) is 61.6 Å². The molecule has 0 unspecified atom stereocenters. The quantitative estimate of drug-likeness (QED) is 0.444. The van der Waals surface area contributed by atoms with Crippen LogP contribution in [-0.4, -0.2) is 35.4 Å². The fraction of sp³-hybridized carbons (Fsp3) is 0.360. The number of carbonyl (C=O) groups is 2. The van der Waals surface area contributed by atoms with Crippen molar-refractivity contribution in [3.63, 3.8) is 0 Å². The van der Waals surface area contributed by atoms with E-state index in [1.54, 1.807) is 18.3 Å². The molecular weight excluding hydrogens is 420 g/mol. The van der Waals surface area contributed by atoms with E-state index in [9.17, 15) is 9.59 Å². The molecule has 0 spiro atoms. The minimum absolute atomic E-state index is 0.145. The third-order valence-electron chi connectivity index (χ3n) is 4.82. The van der Waals surface area contributed by atoms with E-state index in [0.29, 0.717) is 18.1 Å². The molecule has 0 aromatic carbocycles. The molecule has 1 aliphatic rings. The Bertz CT molecular complexity index is 898. The van der Waals surface area contributed by atoms with Gasteiger partial charge in [0.1, 0.15) is 23.8 Å². The van der Waals surface area contributed by atoms with Gasteiger partial charge in [0.2, 0.25) is 5.91 Å². The molecule has 2 aromatic heterocycles. The van der Waals surface area contributed by atoms with E-state index in [0.717, 1.165) is 5.69 Å². The van der Waals surface area contributed by atoms with E-state index in [1.807, 2.05) is 18.2 Å². The Hall–Kier alpha value is -3.68. The van der Waals surface area contributed by atoms with Crippen molar-refractivity contribution in [1.29, 1.82) is 0 Å². The van der Waals surface area contributed by atoms with Gasteiger partial charge in [0.05, 0.1) is 18.4 Å². The monoisotopic (exact) mass is 452 g/mol. The number of pyridine rings is 2. The highest BCUT2D eigenvalue weighted by Gasteiger charge is 2.13. The summed E-state index contributed by atoms with van der Waals surface area (Å²) in [6.07, 6.45) is 12.2. The predicted molar refractivity (Wildman–Crippen MR) is 127 cm³/mol. The molecule has 1 fully saturated rings. The van der Waals surface area contributed by atoms with Crippen LogP contribution in [-0.2, 0) is 20.9 Å². The molecule has 8 nitrogen and oxygen atoms in total. The molecule has 0 radical (unpaired) electrons. The van der Waals surface area contributed by atoms with Crippen LogP contribution in [0.2, 0.25) is 0 Å². The Kier molecular flexibility index (Phi) is 11.2. The maximum atomic E-state index is 11.8. The second-order valence-electron chi connectivity index (χ2n) is 7.41. The van der Waals surface area contributed by atoms with E-state index in [-0.39, 0.29) is 24.0 Å². The zero-order valence-corrected chi connectivity index (χ0v) is 19.1. The highest BCUT2D eigenvalue weighted by molar-refractivity contribution is 5.94. The van der Waals surface area contributed by atoms with Gasteiger partial charge in [-0.05, 0) is 24.3 Å². The summed E-state index contributed by atoms with van der Waals surface area (Å²) in [5.74, 6) is -0.445. The van der Waals surface area contributed by atoms with Crippen LogP contribution >= 0.6 is 0 Å². The SMILES string of the molecule is C1CCCCC1.C=C(OC(=C)c1ccc(OCc2ccccn2)cn1)C(=O)NCC(=O)NC. The van der Waals surface area contributed by atoms with E-state index in [4.69, 9.17) is 9.47 Å². The Labute approximate surface area is 195 Å². The van der Waals surface area contributed by atoms with Crippen molar-refractivity contribution in [2.45, 2.75) is 45.1 Å². The van der Waals surface area contributed by atoms with Gasteiger partial charge in [0.25, 0.3) is 5.91 Å². The number of rotatable bonds is 9. The maximum absolute atomic E-state index is 11.8. The van der Waals surface area contributed by atoms with E-state index < -0.39 is 5.91 Å². The molecule has 0 bridgehead atoms. The molecule has 33 heavy (non-hydrogen) atoms. The van der Waals surface area contributed by atoms with Crippen LogP contribution in [0.5, 0.6) is 5.75 Å². The smallest absolute Gasteiger partial charge is 0.286 e. The van der Waals surface area contributed by atoms with Gasteiger partial charge in [-0.25, -0.2) is 4.98 Å². The number of amides is 2. The molecule has 2 amide bonds. The lowest BCUT2D eigenvalue weighted by molar-refractivity contribution is -0.125. The highest BCUT2D eigenvalue weighted by Crippen LogP contribution is 2.18. The number of nitrogens with one attached hydrogen (secondary N) is 2. The molecule has 176 valence electrons. The first-order valence-electron chi connectivity index (χ1n) is 11.0. The van der Waals surface area contributed by atoms with E-state index in [2.05, 4.69) is 33.8 Å². The molecule has 3 rings (SSSR count). The summed E-state index contributed by atoms with van der Waals surface area (Å²) in [6.45, 7) is 7.39. The van der Waals surface area contributed by atoms with Crippen molar-refractivity contribution >= 4 is 17.6 Å². The number of hydrogen-bond donors (Lipinski definition) is 2. The van der Waals surface area contributed by atoms with Gasteiger partial charge in [-0.3, -0.25) is 14.6 Å². The number of nitrogens with zero attached hydrogens (tertiary/aromatic N) is 2. The molecular formula is C25H32N4O4. The van der Waals surface area contributed by atoms with Crippen molar-refractivity contribution in [1.82, 2.24) is 20.6 Å². The molecule has 8 heteroatoms. The van der Waals surface area contributed by atoms with Crippen LogP contribution < -0.4 is 15.4 Å². The standard InChI is InChI=1S/C19H20N4O4.C6H12/c1-13(27-14(2)19(25)23-11-18(24)20-3)17-8-7-16(10-22-17)26-12-15-6-4-5-9-21-15;1-2-4-6-5-3-1/h4-10H,1-2,11-12H2,3H3,(H,20,24)(H,23,25);1-6H2. The Balaban J connectivity index is 0.000000554. The zero-order valence-electron chi connectivity index (χ0n) is 19.1. The maximum Gasteiger partial charge on any atom is 0.286 e. The third kappa shape index (κ3) is 9.99. The Morgan fingerprint density at radius 3 is 2.24 bits per heavy atom. The van der Waals surface area contributed by atoms with Gasteiger partial charge in [-0.2, -0.15) is 0 Å². The van der Waals surface area contributed by atoms with Crippen molar-refractivity contribution in [2.24, 2.45) is 0 Å². The second kappa shape index (κ2) is 14.4. The summed E-state index contributed by atoms with van der Waals surface area (Å²) in [6, 6.07) is 8.92. The lowest BCUT2D eigenvalue weighted by Crippen LogP contribution is -2.36. The number of aromatic nitrogens is 2. The number of likely N-dealkylation sites (N-methyl/N-ethyl adjacent to an activating group) is 1.